The lowest BCUT2D eigenvalue weighted by atomic mass is 9.84. The quantitative estimate of drug-likeness (QED) is 0.171. The molecule has 0 aromatic heterocycles. The van der Waals surface area contributed by atoms with Crippen molar-refractivity contribution in [1.29, 1.82) is 0 Å². The maximum Gasteiger partial charge on any atom is 0.329 e. The first-order valence-electron chi connectivity index (χ1n) is 8.84. The smallest absolute Gasteiger partial charge is 0.329 e. The Morgan fingerprint density at radius 3 is 1.56 bits per heavy atom. The van der Waals surface area contributed by atoms with Gasteiger partial charge >= 0.3 is 5.79 Å². The molecule has 1 heterocycles. The van der Waals surface area contributed by atoms with Gasteiger partial charge in [0.2, 0.25) is 5.60 Å². The van der Waals surface area contributed by atoms with Gasteiger partial charge in [0.15, 0.2) is 11.5 Å². The summed E-state index contributed by atoms with van der Waals surface area (Å²) in [6.07, 6.45) is 0. The third-order valence-electron chi connectivity index (χ3n) is 5.86. The standard InChI is InChI=1S/C16H21NO17/c1-33-6-3-2-5(9(19)10(20,21)8(18)17-16(9,31)32)4-7(6)34-15(30)13(26,27)11(22,23)12(24,25)14(15,28)29/h2-4,19-32H,1H3,(H,17,18). The van der Waals surface area contributed by atoms with Gasteiger partial charge < -0.3 is 81.0 Å². The minimum absolute atomic E-state index is 0.302. The minimum atomic E-state index is -4.73. The maximum atomic E-state index is 11.7. The fourth-order valence-corrected chi connectivity index (χ4v) is 3.63. The van der Waals surface area contributed by atoms with Gasteiger partial charge in [-0.1, -0.05) is 6.07 Å². The Morgan fingerprint density at radius 2 is 1.18 bits per heavy atom. The lowest BCUT2D eigenvalue weighted by Crippen LogP contribution is -2.70. The average molecular weight is 499 g/mol. The molecule has 0 bridgehead atoms. The number of aliphatic hydroxyl groups is 14. The zero-order valence-electron chi connectivity index (χ0n) is 16.7. The molecule has 2 fully saturated rings. The predicted molar refractivity (Wildman–Crippen MR) is 93.6 cm³/mol. The molecule has 1 saturated heterocycles. The van der Waals surface area contributed by atoms with Crippen LogP contribution in [-0.2, 0) is 10.4 Å². The van der Waals surface area contributed by atoms with E-state index in [9.17, 15) is 76.3 Å². The van der Waals surface area contributed by atoms with Crippen molar-refractivity contribution in [3.05, 3.63) is 23.8 Å². The fraction of sp³-hybridized carbons (Fsp3) is 0.562. The molecule has 0 radical (unpaired) electrons. The van der Waals surface area contributed by atoms with Gasteiger partial charge in [-0.05, 0) is 12.1 Å². The van der Waals surface area contributed by atoms with Gasteiger partial charge in [-0.2, -0.15) is 0 Å². The molecular weight excluding hydrogens is 478 g/mol. The Labute approximate surface area is 186 Å². The van der Waals surface area contributed by atoms with Crippen molar-refractivity contribution in [2.75, 3.05) is 7.11 Å². The second-order valence-electron chi connectivity index (χ2n) is 7.81. The van der Waals surface area contributed by atoms with Crippen molar-refractivity contribution >= 4 is 5.91 Å². The van der Waals surface area contributed by atoms with E-state index in [1.807, 2.05) is 0 Å². The van der Waals surface area contributed by atoms with Crippen LogP contribution in [0.25, 0.3) is 0 Å². The summed E-state index contributed by atoms with van der Waals surface area (Å²) < 4.78 is 9.43. The summed E-state index contributed by atoms with van der Waals surface area (Å²) in [5.74, 6) is -35.0. The molecule has 0 spiro atoms. The van der Waals surface area contributed by atoms with Crippen molar-refractivity contribution in [3.8, 4) is 11.5 Å². The largest absolute Gasteiger partial charge is 0.493 e. The second kappa shape index (κ2) is 6.69. The van der Waals surface area contributed by atoms with Crippen molar-refractivity contribution in [2.24, 2.45) is 0 Å². The summed E-state index contributed by atoms with van der Waals surface area (Å²) in [6.45, 7) is 0. The lowest BCUT2D eigenvalue weighted by Gasteiger charge is -2.40. The first-order chi connectivity index (χ1) is 15.0. The summed E-state index contributed by atoms with van der Waals surface area (Å²) in [4.78, 5) is 11.7. The van der Waals surface area contributed by atoms with Crippen LogP contribution < -0.4 is 14.8 Å². The molecule has 1 aliphatic carbocycles. The van der Waals surface area contributed by atoms with Crippen molar-refractivity contribution in [3.63, 3.8) is 0 Å². The zero-order chi connectivity index (χ0) is 26.6. The average Bonchev–Trinajstić information content (AvgIpc) is 2.85. The van der Waals surface area contributed by atoms with E-state index in [1.54, 1.807) is 0 Å². The van der Waals surface area contributed by atoms with E-state index in [-0.39, 0.29) is 0 Å². The number of benzene rings is 1. The highest BCUT2D eigenvalue weighted by Crippen LogP contribution is 2.55. The monoisotopic (exact) mass is 499 g/mol. The van der Waals surface area contributed by atoms with Crippen molar-refractivity contribution in [1.82, 2.24) is 5.32 Å². The number of nitrogens with one attached hydrogen (secondary N) is 1. The van der Waals surface area contributed by atoms with Crippen LogP contribution in [0.5, 0.6) is 11.5 Å². The molecule has 1 aromatic carbocycles. The lowest BCUT2D eigenvalue weighted by molar-refractivity contribution is -0.452. The normalized spacial score (nSPS) is 31.1. The number of carbonyl (C=O) groups excluding carboxylic acids is 1. The van der Waals surface area contributed by atoms with Crippen LogP contribution in [0.3, 0.4) is 0 Å². The van der Waals surface area contributed by atoms with Gasteiger partial charge in [-0.15, -0.1) is 0 Å². The summed E-state index contributed by atoms with van der Waals surface area (Å²) >= 11 is 0. The molecule has 1 aromatic rings. The summed E-state index contributed by atoms with van der Waals surface area (Å²) in [5, 5.41) is 141. The maximum absolute atomic E-state index is 11.7. The summed E-state index contributed by atoms with van der Waals surface area (Å²) in [5.41, 5.74) is -4.81. The number of ether oxygens (including phenoxy) is 2. The van der Waals surface area contributed by atoms with Gasteiger partial charge in [-0.3, -0.25) is 10.1 Å². The summed E-state index contributed by atoms with van der Waals surface area (Å²) in [6, 6.07) is 1.68. The third-order valence-corrected chi connectivity index (χ3v) is 5.86. The molecule has 1 aliphatic heterocycles. The highest BCUT2D eigenvalue weighted by atomic mass is 16.8. The van der Waals surface area contributed by atoms with E-state index in [1.165, 1.54) is 5.32 Å². The Morgan fingerprint density at radius 1 is 0.706 bits per heavy atom. The molecule has 1 atom stereocenters. The molecule has 2 aliphatic rings. The highest BCUT2D eigenvalue weighted by molar-refractivity contribution is 5.88. The Hall–Kier alpha value is -2.27. The molecule has 18 heteroatoms. The Bertz CT molecular complexity index is 1000. The van der Waals surface area contributed by atoms with Gasteiger partial charge in [0, 0.05) is 5.56 Å². The number of amides is 1. The summed E-state index contributed by atoms with van der Waals surface area (Å²) in [7, 11) is 0.905. The van der Waals surface area contributed by atoms with E-state index in [4.69, 9.17) is 4.74 Å². The number of hydrogen-bond donors (Lipinski definition) is 15. The third kappa shape index (κ3) is 2.57. The number of carbonyl (C=O) groups is 1. The first kappa shape index (κ1) is 26.3. The van der Waals surface area contributed by atoms with E-state index >= 15 is 0 Å². The van der Waals surface area contributed by atoms with E-state index in [0.29, 0.717) is 18.2 Å². The molecule has 3 rings (SSSR count). The molecule has 192 valence electrons. The van der Waals surface area contributed by atoms with Crippen LogP contribution >= 0.6 is 0 Å². The van der Waals surface area contributed by atoms with E-state index in [0.717, 1.165) is 7.11 Å². The van der Waals surface area contributed by atoms with E-state index < -0.39 is 69.2 Å². The van der Waals surface area contributed by atoms with Crippen LogP contribution in [0, 0.1) is 0 Å². The minimum Gasteiger partial charge on any atom is -0.493 e. The molecular formula is C16H21NO17. The van der Waals surface area contributed by atoms with Gasteiger partial charge in [0.1, 0.15) is 0 Å². The zero-order valence-corrected chi connectivity index (χ0v) is 16.7. The van der Waals surface area contributed by atoms with Gasteiger partial charge in [-0.25, -0.2) is 0 Å². The molecule has 1 saturated carbocycles. The van der Waals surface area contributed by atoms with Crippen LogP contribution in [0.1, 0.15) is 5.56 Å². The Balaban J connectivity index is 2.24. The Kier molecular flexibility index (Phi) is 5.18. The van der Waals surface area contributed by atoms with Gasteiger partial charge in [0.25, 0.3) is 40.8 Å². The molecule has 1 amide bonds. The van der Waals surface area contributed by atoms with Crippen LogP contribution in [0.4, 0.5) is 0 Å². The number of methoxy groups -OCH3 is 1. The van der Waals surface area contributed by atoms with Crippen molar-refractivity contribution in [2.45, 2.75) is 46.2 Å². The first-order valence-corrected chi connectivity index (χ1v) is 8.84. The topological polar surface area (TPSA) is 331 Å². The SMILES string of the molecule is COc1ccc(C2(O)C(O)(O)NC(=O)C2(O)O)cc1OC1(O)C(O)(O)C(O)(O)C(O)(O)C1(O)O. The van der Waals surface area contributed by atoms with Crippen LogP contribution in [0.2, 0.25) is 0 Å². The van der Waals surface area contributed by atoms with Crippen molar-refractivity contribution < 1.29 is 85.8 Å². The second-order valence-corrected chi connectivity index (χ2v) is 7.81. The van der Waals surface area contributed by atoms with Crippen LogP contribution in [0.15, 0.2) is 18.2 Å². The fourth-order valence-electron chi connectivity index (χ4n) is 3.63. The van der Waals surface area contributed by atoms with Crippen LogP contribution in [-0.4, -0.2) is 125 Å². The molecule has 15 N–H and O–H groups in total. The molecule has 1 unspecified atom stereocenters. The van der Waals surface area contributed by atoms with E-state index in [2.05, 4.69) is 4.74 Å². The van der Waals surface area contributed by atoms with Gasteiger partial charge in [0.05, 0.1) is 7.11 Å². The number of rotatable bonds is 4. The highest BCUT2D eigenvalue weighted by Gasteiger charge is 2.93. The number of hydrogen-bond acceptors (Lipinski definition) is 17. The molecule has 18 nitrogen and oxygen atoms in total. The molecule has 34 heavy (non-hydrogen) atoms. The predicted octanol–water partition coefficient (Wildman–Crippen LogP) is -8.86.